The third kappa shape index (κ3) is 4.96. The smallest absolute Gasteiger partial charge is 0.410 e. The molecule has 0 bridgehead atoms. The molecule has 1 aromatic carbocycles. The SMILES string of the molecule is CC(C)(C)OC(=O)N1CCN(CC(=O)c2ccc(Cl)cc2)C(=O)C1. The fourth-order valence-electron chi connectivity index (χ4n) is 2.26. The average molecular weight is 353 g/mol. The molecule has 0 radical (unpaired) electrons. The quantitative estimate of drug-likeness (QED) is 0.784. The van der Waals surface area contributed by atoms with Gasteiger partial charge in [-0.3, -0.25) is 14.5 Å². The van der Waals surface area contributed by atoms with E-state index < -0.39 is 11.7 Å². The molecule has 0 aromatic heterocycles. The molecule has 1 aliphatic heterocycles. The van der Waals surface area contributed by atoms with Gasteiger partial charge in [-0.2, -0.15) is 0 Å². The van der Waals surface area contributed by atoms with E-state index >= 15 is 0 Å². The maximum Gasteiger partial charge on any atom is 0.410 e. The van der Waals surface area contributed by atoms with Crippen molar-refractivity contribution in [3.05, 3.63) is 34.9 Å². The van der Waals surface area contributed by atoms with E-state index in [1.54, 1.807) is 45.0 Å². The molecule has 0 atom stereocenters. The van der Waals surface area contributed by atoms with Gasteiger partial charge in [-0.25, -0.2) is 4.79 Å². The summed E-state index contributed by atoms with van der Waals surface area (Å²) in [5.41, 5.74) is -0.108. The number of halogens is 1. The monoisotopic (exact) mass is 352 g/mol. The Morgan fingerprint density at radius 1 is 1.17 bits per heavy atom. The molecule has 0 spiro atoms. The van der Waals surface area contributed by atoms with Gasteiger partial charge in [-0.1, -0.05) is 11.6 Å². The Morgan fingerprint density at radius 2 is 1.79 bits per heavy atom. The highest BCUT2D eigenvalue weighted by atomic mass is 35.5. The number of hydrogen-bond acceptors (Lipinski definition) is 4. The standard InChI is InChI=1S/C17H21ClN2O4/c1-17(2,3)24-16(23)20-9-8-19(15(22)11-20)10-14(21)12-4-6-13(18)7-5-12/h4-7H,8-11H2,1-3H3. The number of ether oxygens (including phenoxy) is 1. The van der Waals surface area contributed by atoms with E-state index in [9.17, 15) is 14.4 Å². The molecule has 6 nitrogen and oxygen atoms in total. The molecule has 0 N–H and O–H groups in total. The maximum atomic E-state index is 12.2. The fraction of sp³-hybridized carbons (Fsp3) is 0.471. The van der Waals surface area contributed by atoms with Gasteiger partial charge in [0.1, 0.15) is 12.1 Å². The Kier molecular flexibility index (Phi) is 5.49. The molecular weight excluding hydrogens is 332 g/mol. The minimum Gasteiger partial charge on any atom is -0.444 e. The molecule has 7 heteroatoms. The van der Waals surface area contributed by atoms with Crippen LogP contribution in [0.1, 0.15) is 31.1 Å². The lowest BCUT2D eigenvalue weighted by molar-refractivity contribution is -0.135. The molecule has 2 amide bonds. The highest BCUT2D eigenvalue weighted by Crippen LogP contribution is 2.14. The van der Waals surface area contributed by atoms with Crippen molar-refractivity contribution in [1.82, 2.24) is 9.80 Å². The number of carbonyl (C=O) groups is 3. The summed E-state index contributed by atoms with van der Waals surface area (Å²) in [7, 11) is 0. The third-order valence-electron chi connectivity index (χ3n) is 3.47. The van der Waals surface area contributed by atoms with Crippen molar-refractivity contribution in [2.45, 2.75) is 26.4 Å². The number of carbonyl (C=O) groups excluding carboxylic acids is 3. The summed E-state index contributed by atoms with van der Waals surface area (Å²) < 4.78 is 5.26. The number of amides is 2. The van der Waals surface area contributed by atoms with Crippen LogP contribution in [0, 0.1) is 0 Å². The number of hydrogen-bond donors (Lipinski definition) is 0. The highest BCUT2D eigenvalue weighted by molar-refractivity contribution is 6.30. The molecule has 1 fully saturated rings. The Hall–Kier alpha value is -2.08. The van der Waals surface area contributed by atoms with Crippen LogP contribution in [0.25, 0.3) is 0 Å². The number of nitrogens with zero attached hydrogens (tertiary/aromatic N) is 2. The Balaban J connectivity index is 1.92. The van der Waals surface area contributed by atoms with E-state index in [0.717, 1.165) is 0 Å². The Labute approximate surface area is 146 Å². The summed E-state index contributed by atoms with van der Waals surface area (Å²) in [6.07, 6.45) is -0.514. The lowest BCUT2D eigenvalue weighted by Gasteiger charge is -2.34. The Bertz CT molecular complexity index is 637. The second-order valence-electron chi connectivity index (χ2n) is 6.65. The van der Waals surface area contributed by atoms with Gasteiger partial charge in [0.05, 0.1) is 6.54 Å². The van der Waals surface area contributed by atoms with Gasteiger partial charge >= 0.3 is 6.09 Å². The molecule has 1 heterocycles. The summed E-state index contributed by atoms with van der Waals surface area (Å²) >= 11 is 5.80. The van der Waals surface area contributed by atoms with Crippen LogP contribution in [0.5, 0.6) is 0 Å². The predicted molar refractivity (Wildman–Crippen MR) is 90.2 cm³/mol. The number of ketones is 1. The third-order valence-corrected chi connectivity index (χ3v) is 3.72. The minimum absolute atomic E-state index is 0.0113. The fourth-order valence-corrected chi connectivity index (χ4v) is 2.38. The first-order chi connectivity index (χ1) is 11.2. The van der Waals surface area contributed by atoms with Gasteiger partial charge < -0.3 is 9.64 Å². The average Bonchev–Trinajstić information content (AvgIpc) is 2.48. The van der Waals surface area contributed by atoms with Crippen LogP contribution in [0.15, 0.2) is 24.3 Å². The molecular formula is C17H21ClN2O4. The molecule has 1 aromatic rings. The zero-order chi connectivity index (χ0) is 17.9. The summed E-state index contributed by atoms with van der Waals surface area (Å²) in [4.78, 5) is 39.2. The van der Waals surface area contributed by atoms with E-state index in [1.165, 1.54) is 9.80 Å². The first kappa shape index (κ1) is 18.3. The van der Waals surface area contributed by atoms with Gasteiger partial charge in [-0.05, 0) is 45.0 Å². The lowest BCUT2D eigenvalue weighted by atomic mass is 10.1. The number of rotatable bonds is 3. The minimum atomic E-state index is -0.609. The van der Waals surface area contributed by atoms with Gasteiger partial charge in [0.25, 0.3) is 0 Å². The van der Waals surface area contributed by atoms with Crippen LogP contribution in [-0.2, 0) is 9.53 Å². The Morgan fingerprint density at radius 3 is 2.33 bits per heavy atom. The molecule has 1 saturated heterocycles. The van der Waals surface area contributed by atoms with E-state index in [-0.39, 0.29) is 24.8 Å². The van der Waals surface area contributed by atoms with Crippen molar-refractivity contribution >= 4 is 29.4 Å². The van der Waals surface area contributed by atoms with E-state index in [2.05, 4.69) is 0 Å². The van der Waals surface area contributed by atoms with Crippen molar-refractivity contribution in [2.75, 3.05) is 26.2 Å². The zero-order valence-electron chi connectivity index (χ0n) is 14.0. The number of benzene rings is 1. The van der Waals surface area contributed by atoms with E-state index in [1.807, 2.05) is 0 Å². The van der Waals surface area contributed by atoms with Crippen LogP contribution < -0.4 is 0 Å². The van der Waals surface area contributed by atoms with E-state index in [4.69, 9.17) is 16.3 Å². The summed E-state index contributed by atoms with van der Waals surface area (Å²) in [5.74, 6) is -0.430. The van der Waals surface area contributed by atoms with Crippen LogP contribution in [0.4, 0.5) is 4.79 Å². The van der Waals surface area contributed by atoms with Gasteiger partial charge in [0.2, 0.25) is 5.91 Å². The summed E-state index contributed by atoms with van der Waals surface area (Å²) in [6.45, 7) is 5.87. The zero-order valence-corrected chi connectivity index (χ0v) is 14.8. The second kappa shape index (κ2) is 7.21. The van der Waals surface area contributed by atoms with Crippen molar-refractivity contribution in [3.63, 3.8) is 0 Å². The largest absolute Gasteiger partial charge is 0.444 e. The van der Waals surface area contributed by atoms with Crippen LogP contribution >= 0.6 is 11.6 Å². The van der Waals surface area contributed by atoms with Gasteiger partial charge in [0.15, 0.2) is 5.78 Å². The molecule has 0 aliphatic carbocycles. The first-order valence-corrected chi connectivity index (χ1v) is 8.08. The van der Waals surface area contributed by atoms with Gasteiger partial charge in [-0.15, -0.1) is 0 Å². The summed E-state index contributed by atoms with van der Waals surface area (Å²) in [6, 6.07) is 6.53. The van der Waals surface area contributed by atoms with Crippen molar-refractivity contribution in [3.8, 4) is 0 Å². The molecule has 24 heavy (non-hydrogen) atoms. The van der Waals surface area contributed by atoms with Gasteiger partial charge in [0, 0.05) is 23.7 Å². The van der Waals surface area contributed by atoms with Crippen LogP contribution in [0.2, 0.25) is 5.02 Å². The second-order valence-corrected chi connectivity index (χ2v) is 7.08. The predicted octanol–water partition coefficient (Wildman–Crippen LogP) is 2.60. The normalized spacial score (nSPS) is 15.4. The van der Waals surface area contributed by atoms with Crippen molar-refractivity contribution in [2.24, 2.45) is 0 Å². The van der Waals surface area contributed by atoms with Crippen molar-refractivity contribution < 1.29 is 19.1 Å². The maximum absolute atomic E-state index is 12.2. The van der Waals surface area contributed by atoms with Crippen molar-refractivity contribution in [1.29, 1.82) is 0 Å². The molecule has 0 saturated carbocycles. The van der Waals surface area contributed by atoms with Crippen LogP contribution in [0.3, 0.4) is 0 Å². The first-order valence-electron chi connectivity index (χ1n) is 7.70. The number of Topliss-reactive ketones (excluding diaryl/α,β-unsaturated/α-hetero) is 1. The molecule has 2 rings (SSSR count). The topological polar surface area (TPSA) is 66.9 Å². The molecule has 1 aliphatic rings. The van der Waals surface area contributed by atoms with E-state index in [0.29, 0.717) is 23.7 Å². The molecule has 0 unspecified atom stereocenters. The van der Waals surface area contributed by atoms with Crippen LogP contribution in [-0.4, -0.2) is 59.4 Å². The highest BCUT2D eigenvalue weighted by Gasteiger charge is 2.31. The lowest BCUT2D eigenvalue weighted by Crippen LogP contribution is -2.54. The number of piperazine rings is 1. The summed E-state index contributed by atoms with van der Waals surface area (Å²) in [5, 5.41) is 0.550. The molecule has 130 valence electrons.